The summed E-state index contributed by atoms with van der Waals surface area (Å²) in [6.07, 6.45) is 0. The van der Waals surface area contributed by atoms with Crippen molar-refractivity contribution >= 4 is 26.6 Å². The molecule has 1 N–H and O–H groups in total. The van der Waals surface area contributed by atoms with Crippen molar-refractivity contribution in [2.75, 3.05) is 4.72 Å². The molecule has 2 aromatic carbocycles. The van der Waals surface area contributed by atoms with Gasteiger partial charge in [0.15, 0.2) is 0 Å². The summed E-state index contributed by atoms with van der Waals surface area (Å²) in [4.78, 5) is 11.9. The molecule has 5 nitrogen and oxygen atoms in total. The fourth-order valence-electron chi connectivity index (χ4n) is 2.24. The number of hydrogen-bond acceptors (Lipinski definition) is 3. The molecule has 3 rings (SSSR count). The van der Waals surface area contributed by atoms with Crippen molar-refractivity contribution in [3.8, 4) is 0 Å². The third-order valence-electron chi connectivity index (χ3n) is 3.43. The van der Waals surface area contributed by atoms with Crippen LogP contribution in [0.2, 0.25) is 0 Å². The molecule has 0 amide bonds. The van der Waals surface area contributed by atoms with Crippen LogP contribution in [0.15, 0.2) is 70.4 Å². The van der Waals surface area contributed by atoms with Gasteiger partial charge in [0.1, 0.15) is 0 Å². The van der Waals surface area contributed by atoms with Crippen LogP contribution in [-0.2, 0) is 17.1 Å². The van der Waals surface area contributed by atoms with Gasteiger partial charge in [-0.1, -0.05) is 24.3 Å². The minimum absolute atomic E-state index is 0.143. The molecule has 0 unspecified atom stereocenters. The summed E-state index contributed by atoms with van der Waals surface area (Å²) in [6.45, 7) is 0. The molecule has 0 radical (unpaired) electrons. The smallest absolute Gasteiger partial charge is 0.261 e. The maximum absolute atomic E-state index is 12.3. The lowest BCUT2D eigenvalue weighted by Gasteiger charge is -2.10. The Morgan fingerprint density at radius 3 is 2.36 bits per heavy atom. The largest absolute Gasteiger partial charge is 0.311 e. The fraction of sp³-hybridized carbons (Fsp3) is 0.0625. The normalized spacial score (nSPS) is 11.5. The number of benzene rings is 2. The molecule has 0 aliphatic carbocycles. The standard InChI is InChI=1S/C16H14N2O3S/c1-18-15-11-13(9-7-12(15)8-10-16(18)19)17-22(20,21)14-5-3-2-4-6-14/h2-11,17H,1H3. The van der Waals surface area contributed by atoms with Gasteiger partial charge in [-0.05, 0) is 35.7 Å². The van der Waals surface area contributed by atoms with E-state index in [0.717, 1.165) is 5.39 Å². The molecule has 0 saturated heterocycles. The molecule has 6 heteroatoms. The van der Waals surface area contributed by atoms with Crippen molar-refractivity contribution in [2.45, 2.75) is 4.90 Å². The zero-order valence-corrected chi connectivity index (χ0v) is 12.7. The molecule has 0 aliphatic heterocycles. The molecule has 0 atom stereocenters. The SMILES string of the molecule is Cn1c(=O)ccc2ccc(NS(=O)(=O)c3ccccc3)cc21. The second kappa shape index (κ2) is 5.31. The van der Waals surface area contributed by atoms with Crippen molar-refractivity contribution in [1.29, 1.82) is 0 Å². The average Bonchev–Trinajstić information content (AvgIpc) is 2.52. The highest BCUT2D eigenvalue weighted by Crippen LogP contribution is 2.20. The van der Waals surface area contributed by atoms with Gasteiger partial charge in [-0.15, -0.1) is 0 Å². The number of hydrogen-bond donors (Lipinski definition) is 1. The van der Waals surface area contributed by atoms with Gasteiger partial charge in [-0.25, -0.2) is 8.42 Å². The first kappa shape index (κ1) is 14.3. The monoisotopic (exact) mass is 314 g/mol. The Balaban J connectivity index is 2.05. The highest BCUT2D eigenvalue weighted by Gasteiger charge is 2.13. The molecule has 0 fully saturated rings. The second-order valence-corrected chi connectivity index (χ2v) is 6.61. The number of pyridine rings is 1. The number of nitrogens with zero attached hydrogens (tertiary/aromatic N) is 1. The number of anilines is 1. The van der Waals surface area contributed by atoms with E-state index in [1.807, 2.05) is 0 Å². The highest BCUT2D eigenvalue weighted by atomic mass is 32.2. The minimum Gasteiger partial charge on any atom is -0.311 e. The Bertz CT molecular complexity index is 993. The van der Waals surface area contributed by atoms with E-state index in [1.54, 1.807) is 49.5 Å². The molecular formula is C16H14N2O3S. The molecule has 0 saturated carbocycles. The maximum Gasteiger partial charge on any atom is 0.261 e. The van der Waals surface area contributed by atoms with E-state index in [4.69, 9.17) is 0 Å². The lowest BCUT2D eigenvalue weighted by atomic mass is 10.2. The van der Waals surface area contributed by atoms with Gasteiger partial charge >= 0.3 is 0 Å². The van der Waals surface area contributed by atoms with Gasteiger partial charge in [0, 0.05) is 13.1 Å². The van der Waals surface area contributed by atoms with Crippen LogP contribution in [0.25, 0.3) is 10.9 Å². The van der Waals surface area contributed by atoms with E-state index in [-0.39, 0.29) is 10.5 Å². The summed E-state index contributed by atoms with van der Waals surface area (Å²) in [7, 11) is -1.99. The van der Waals surface area contributed by atoms with Gasteiger partial charge in [-0.3, -0.25) is 9.52 Å². The number of fused-ring (bicyclic) bond motifs is 1. The zero-order chi connectivity index (χ0) is 15.7. The summed E-state index contributed by atoms with van der Waals surface area (Å²) in [5, 5.41) is 0.866. The third kappa shape index (κ3) is 2.60. The highest BCUT2D eigenvalue weighted by molar-refractivity contribution is 7.92. The first-order chi connectivity index (χ1) is 10.5. The number of aromatic nitrogens is 1. The molecule has 3 aromatic rings. The molecular weight excluding hydrogens is 300 g/mol. The molecule has 1 heterocycles. The van der Waals surface area contributed by atoms with Crippen molar-refractivity contribution in [3.05, 3.63) is 71.0 Å². The molecule has 112 valence electrons. The van der Waals surface area contributed by atoms with Crippen molar-refractivity contribution in [2.24, 2.45) is 7.05 Å². The quantitative estimate of drug-likeness (QED) is 0.807. The van der Waals surface area contributed by atoms with E-state index in [0.29, 0.717) is 11.2 Å². The maximum atomic E-state index is 12.3. The summed E-state index contributed by atoms with van der Waals surface area (Å²) in [6, 6.07) is 16.4. The van der Waals surface area contributed by atoms with Crippen LogP contribution in [0.1, 0.15) is 0 Å². The first-order valence-electron chi connectivity index (χ1n) is 6.65. The summed E-state index contributed by atoms with van der Waals surface area (Å²) in [5.74, 6) is 0. The second-order valence-electron chi connectivity index (χ2n) is 4.92. The molecule has 22 heavy (non-hydrogen) atoms. The van der Waals surface area contributed by atoms with Gasteiger partial charge < -0.3 is 4.57 Å². The summed E-state index contributed by atoms with van der Waals surface area (Å²) >= 11 is 0. The van der Waals surface area contributed by atoms with Crippen molar-refractivity contribution in [1.82, 2.24) is 4.57 Å². The zero-order valence-electron chi connectivity index (χ0n) is 11.9. The van der Waals surface area contributed by atoms with E-state index in [9.17, 15) is 13.2 Å². The number of sulfonamides is 1. The minimum atomic E-state index is -3.64. The van der Waals surface area contributed by atoms with Gasteiger partial charge in [0.2, 0.25) is 0 Å². The Morgan fingerprint density at radius 2 is 1.64 bits per heavy atom. The van der Waals surface area contributed by atoms with Crippen LogP contribution in [0.3, 0.4) is 0 Å². The Hall–Kier alpha value is -2.60. The van der Waals surface area contributed by atoms with Gasteiger partial charge in [-0.2, -0.15) is 0 Å². The van der Waals surface area contributed by atoms with Crippen LogP contribution in [0.4, 0.5) is 5.69 Å². The van der Waals surface area contributed by atoms with Crippen LogP contribution in [0, 0.1) is 0 Å². The first-order valence-corrected chi connectivity index (χ1v) is 8.13. The molecule has 0 aliphatic rings. The predicted molar refractivity (Wildman–Crippen MR) is 86.4 cm³/mol. The van der Waals surface area contributed by atoms with Crippen molar-refractivity contribution < 1.29 is 8.42 Å². The van der Waals surface area contributed by atoms with Crippen LogP contribution in [-0.4, -0.2) is 13.0 Å². The Kier molecular flexibility index (Phi) is 3.46. The van der Waals surface area contributed by atoms with E-state index in [1.165, 1.54) is 22.8 Å². The van der Waals surface area contributed by atoms with Crippen LogP contribution in [0.5, 0.6) is 0 Å². The third-order valence-corrected chi connectivity index (χ3v) is 4.83. The van der Waals surface area contributed by atoms with Crippen molar-refractivity contribution in [3.63, 3.8) is 0 Å². The number of nitrogens with one attached hydrogen (secondary N) is 1. The van der Waals surface area contributed by atoms with E-state index >= 15 is 0 Å². The topological polar surface area (TPSA) is 68.2 Å². The Morgan fingerprint density at radius 1 is 0.955 bits per heavy atom. The van der Waals surface area contributed by atoms with E-state index < -0.39 is 10.0 Å². The molecule has 0 spiro atoms. The number of rotatable bonds is 3. The number of aryl methyl sites for hydroxylation is 1. The van der Waals surface area contributed by atoms with Gasteiger partial charge in [0.05, 0.1) is 16.1 Å². The average molecular weight is 314 g/mol. The lowest BCUT2D eigenvalue weighted by Crippen LogP contribution is -2.16. The van der Waals surface area contributed by atoms with E-state index in [2.05, 4.69) is 4.72 Å². The van der Waals surface area contributed by atoms with Crippen LogP contribution < -0.4 is 10.3 Å². The predicted octanol–water partition coefficient (Wildman–Crippen LogP) is 2.34. The molecule has 0 bridgehead atoms. The molecule has 1 aromatic heterocycles. The van der Waals surface area contributed by atoms with Gasteiger partial charge in [0.25, 0.3) is 15.6 Å². The fourth-order valence-corrected chi connectivity index (χ4v) is 3.31. The lowest BCUT2D eigenvalue weighted by molar-refractivity contribution is 0.601. The summed E-state index contributed by atoms with van der Waals surface area (Å²) < 4.78 is 28.6. The summed E-state index contributed by atoms with van der Waals surface area (Å²) in [5.41, 5.74) is 0.939. The van der Waals surface area contributed by atoms with Crippen LogP contribution >= 0.6 is 0 Å². The Labute approximate surface area is 127 Å².